The van der Waals surface area contributed by atoms with Gasteiger partial charge in [-0.15, -0.1) is 0 Å². The molecule has 2 fully saturated rings. The first-order valence-electron chi connectivity index (χ1n) is 8.38. The van der Waals surface area contributed by atoms with E-state index >= 15 is 0 Å². The molecule has 0 radical (unpaired) electrons. The summed E-state index contributed by atoms with van der Waals surface area (Å²) in [5, 5.41) is 7.13. The molecule has 5 heteroatoms. The second-order valence-electron chi connectivity index (χ2n) is 6.39. The fourth-order valence-corrected chi connectivity index (χ4v) is 3.38. The van der Waals surface area contributed by atoms with Crippen molar-refractivity contribution in [2.45, 2.75) is 63.5 Å². The van der Waals surface area contributed by atoms with Gasteiger partial charge in [0.1, 0.15) is 5.82 Å². The van der Waals surface area contributed by atoms with E-state index in [2.05, 4.69) is 15.6 Å². The average Bonchev–Trinajstić information content (AvgIpc) is 2.53. The Kier molecular flexibility index (Phi) is 5.04. The highest BCUT2D eigenvalue weighted by Crippen LogP contribution is 2.17. The number of hydrogen-bond donors (Lipinski definition) is 3. The van der Waals surface area contributed by atoms with Crippen LogP contribution in [0.4, 0.5) is 5.69 Å². The first-order valence-corrected chi connectivity index (χ1v) is 8.38. The second kappa shape index (κ2) is 7.18. The van der Waals surface area contributed by atoms with E-state index < -0.39 is 0 Å². The van der Waals surface area contributed by atoms with E-state index in [1.807, 2.05) is 0 Å². The van der Waals surface area contributed by atoms with Gasteiger partial charge in [0.2, 0.25) is 0 Å². The number of nitrogens with two attached hydrogens (primary N) is 1. The lowest BCUT2D eigenvalue weighted by atomic mass is 9.99. The maximum atomic E-state index is 6.07. The van der Waals surface area contributed by atoms with E-state index in [0.29, 0.717) is 12.1 Å². The highest BCUT2D eigenvalue weighted by molar-refractivity contribution is 5.40. The minimum absolute atomic E-state index is 0.525. The molecule has 2 unspecified atom stereocenters. The van der Waals surface area contributed by atoms with Crippen LogP contribution in [0.5, 0.6) is 0 Å². The molecule has 0 aromatic carbocycles. The van der Waals surface area contributed by atoms with Crippen molar-refractivity contribution in [2.24, 2.45) is 0 Å². The van der Waals surface area contributed by atoms with Gasteiger partial charge in [0, 0.05) is 24.9 Å². The van der Waals surface area contributed by atoms with E-state index in [1.165, 1.54) is 38.5 Å². The van der Waals surface area contributed by atoms with E-state index in [0.717, 1.165) is 43.1 Å². The molecule has 1 aromatic rings. The number of nitrogens with one attached hydrogen (secondary N) is 2. The molecular formula is C16H27N5. The lowest BCUT2D eigenvalue weighted by molar-refractivity contribution is 0.389. The number of nitrogen functional groups attached to an aromatic ring is 1. The molecular weight excluding hydrogens is 262 g/mol. The van der Waals surface area contributed by atoms with Crippen LogP contribution >= 0.6 is 0 Å². The summed E-state index contributed by atoms with van der Waals surface area (Å²) in [6.45, 7) is 2.24. The Morgan fingerprint density at radius 3 is 2.29 bits per heavy atom. The van der Waals surface area contributed by atoms with Crippen LogP contribution in [0.15, 0.2) is 6.20 Å². The molecule has 0 aliphatic carbocycles. The summed E-state index contributed by atoms with van der Waals surface area (Å²) in [5.74, 6) is 0.939. The average molecular weight is 289 g/mol. The van der Waals surface area contributed by atoms with Crippen molar-refractivity contribution in [1.29, 1.82) is 0 Å². The molecule has 0 amide bonds. The van der Waals surface area contributed by atoms with E-state index in [1.54, 1.807) is 6.20 Å². The van der Waals surface area contributed by atoms with Crippen molar-refractivity contribution < 1.29 is 0 Å². The SMILES string of the molecule is Nc1cnc(CC2CCCCN2)nc1CC1CCCCN1. The summed E-state index contributed by atoms with van der Waals surface area (Å²) in [6.07, 6.45) is 11.3. The summed E-state index contributed by atoms with van der Waals surface area (Å²) in [6, 6.07) is 1.06. The molecule has 3 rings (SSSR count). The molecule has 0 bridgehead atoms. The molecule has 2 saturated heterocycles. The minimum atomic E-state index is 0.525. The van der Waals surface area contributed by atoms with Crippen LogP contribution in [0.3, 0.4) is 0 Å². The molecule has 21 heavy (non-hydrogen) atoms. The monoisotopic (exact) mass is 289 g/mol. The fourth-order valence-electron chi connectivity index (χ4n) is 3.38. The third kappa shape index (κ3) is 4.14. The first-order chi connectivity index (χ1) is 10.3. The van der Waals surface area contributed by atoms with Crippen molar-refractivity contribution in [2.75, 3.05) is 18.8 Å². The van der Waals surface area contributed by atoms with Crippen LogP contribution in [-0.2, 0) is 12.8 Å². The third-order valence-corrected chi connectivity index (χ3v) is 4.64. The van der Waals surface area contributed by atoms with Crippen molar-refractivity contribution in [3.05, 3.63) is 17.7 Å². The van der Waals surface area contributed by atoms with Gasteiger partial charge in [0.05, 0.1) is 17.6 Å². The van der Waals surface area contributed by atoms with Gasteiger partial charge in [-0.25, -0.2) is 9.97 Å². The zero-order valence-corrected chi connectivity index (χ0v) is 12.8. The number of piperidine rings is 2. The molecule has 2 atom stereocenters. The van der Waals surface area contributed by atoms with Crippen molar-refractivity contribution in [3.8, 4) is 0 Å². The Bertz CT molecular complexity index is 450. The normalized spacial score (nSPS) is 26.7. The zero-order chi connectivity index (χ0) is 14.5. The predicted molar refractivity (Wildman–Crippen MR) is 85.1 cm³/mol. The zero-order valence-electron chi connectivity index (χ0n) is 12.8. The molecule has 2 aliphatic rings. The van der Waals surface area contributed by atoms with Gasteiger partial charge >= 0.3 is 0 Å². The molecule has 4 N–H and O–H groups in total. The van der Waals surface area contributed by atoms with Gasteiger partial charge < -0.3 is 16.4 Å². The number of aromatic nitrogens is 2. The van der Waals surface area contributed by atoms with Gasteiger partial charge in [-0.05, 0) is 38.8 Å². The van der Waals surface area contributed by atoms with Crippen LogP contribution in [0.25, 0.3) is 0 Å². The van der Waals surface area contributed by atoms with Crippen molar-refractivity contribution in [1.82, 2.24) is 20.6 Å². The fraction of sp³-hybridized carbons (Fsp3) is 0.750. The van der Waals surface area contributed by atoms with Crippen molar-refractivity contribution in [3.63, 3.8) is 0 Å². The van der Waals surface area contributed by atoms with Gasteiger partial charge in [-0.2, -0.15) is 0 Å². The molecule has 2 aliphatic heterocycles. The molecule has 1 aromatic heterocycles. The van der Waals surface area contributed by atoms with Crippen LogP contribution in [0.1, 0.15) is 50.0 Å². The molecule has 3 heterocycles. The highest BCUT2D eigenvalue weighted by Gasteiger charge is 2.18. The summed E-state index contributed by atoms with van der Waals surface area (Å²) >= 11 is 0. The minimum Gasteiger partial charge on any atom is -0.396 e. The molecule has 0 saturated carbocycles. The van der Waals surface area contributed by atoms with E-state index in [9.17, 15) is 0 Å². The standard InChI is InChI=1S/C16H27N5/c17-14-11-20-16(10-13-6-2-4-8-19-13)21-15(14)9-12-5-1-3-7-18-12/h11-13,18-19H,1-10,17H2. The lowest BCUT2D eigenvalue weighted by Gasteiger charge is -2.24. The van der Waals surface area contributed by atoms with Gasteiger partial charge in [-0.1, -0.05) is 12.8 Å². The summed E-state index contributed by atoms with van der Waals surface area (Å²) in [4.78, 5) is 9.17. The topological polar surface area (TPSA) is 75.9 Å². The lowest BCUT2D eigenvalue weighted by Crippen LogP contribution is -2.37. The first kappa shape index (κ1) is 14.7. The summed E-state index contributed by atoms with van der Waals surface area (Å²) in [5.41, 5.74) is 7.83. The van der Waals surface area contributed by atoms with E-state index in [4.69, 9.17) is 10.7 Å². The largest absolute Gasteiger partial charge is 0.396 e. The molecule has 116 valence electrons. The number of nitrogens with zero attached hydrogens (tertiary/aromatic N) is 2. The van der Waals surface area contributed by atoms with E-state index in [-0.39, 0.29) is 0 Å². The Morgan fingerprint density at radius 2 is 1.67 bits per heavy atom. The summed E-state index contributed by atoms with van der Waals surface area (Å²) in [7, 11) is 0. The maximum absolute atomic E-state index is 6.07. The van der Waals surface area contributed by atoms with Crippen LogP contribution in [-0.4, -0.2) is 35.1 Å². The Balaban J connectivity index is 1.63. The van der Waals surface area contributed by atoms with Crippen LogP contribution < -0.4 is 16.4 Å². The summed E-state index contributed by atoms with van der Waals surface area (Å²) < 4.78 is 0. The second-order valence-corrected chi connectivity index (χ2v) is 6.39. The maximum Gasteiger partial charge on any atom is 0.130 e. The number of hydrogen-bond acceptors (Lipinski definition) is 5. The van der Waals surface area contributed by atoms with Gasteiger partial charge in [0.15, 0.2) is 0 Å². The predicted octanol–water partition coefficient (Wildman–Crippen LogP) is 1.43. The quantitative estimate of drug-likeness (QED) is 0.782. The third-order valence-electron chi connectivity index (χ3n) is 4.64. The van der Waals surface area contributed by atoms with Gasteiger partial charge in [0.25, 0.3) is 0 Å². The highest BCUT2D eigenvalue weighted by atomic mass is 15.0. The molecule has 0 spiro atoms. The van der Waals surface area contributed by atoms with Gasteiger partial charge in [-0.3, -0.25) is 0 Å². The molecule has 5 nitrogen and oxygen atoms in total. The Morgan fingerprint density at radius 1 is 1.00 bits per heavy atom. The smallest absolute Gasteiger partial charge is 0.130 e. The van der Waals surface area contributed by atoms with Crippen LogP contribution in [0.2, 0.25) is 0 Å². The number of anilines is 1. The Hall–Kier alpha value is -1.20. The van der Waals surface area contributed by atoms with Crippen molar-refractivity contribution >= 4 is 5.69 Å². The number of rotatable bonds is 4. The van der Waals surface area contributed by atoms with Crippen LogP contribution in [0, 0.1) is 0 Å². The Labute approximate surface area is 127 Å².